The molecule has 8 rings (SSSR count). The summed E-state index contributed by atoms with van der Waals surface area (Å²) < 4.78 is 86.4. The molecule has 95 heavy (non-hydrogen) atoms. The average molecular weight is 1400 g/mol. The largest absolute Gasteiger partial charge is 0.394 e. The number of carbonyl (C=O) groups is 2. The Morgan fingerprint density at radius 2 is 0.537 bits per heavy atom. The smallest absolute Gasteiger partial charge is 0.217 e. The highest BCUT2D eigenvalue weighted by Crippen LogP contribution is 2.38. The minimum atomic E-state index is -2.46. The predicted octanol–water partition coefficient (Wildman–Crippen LogP) is -18.2. The molecule has 0 bridgehead atoms. The molecule has 8 saturated heterocycles. The van der Waals surface area contributed by atoms with E-state index in [0.29, 0.717) is 0 Å². The summed E-state index contributed by atoms with van der Waals surface area (Å²) in [5.74, 6) is -1.74. The van der Waals surface area contributed by atoms with Gasteiger partial charge in [-0.05, 0) is 0 Å². The van der Waals surface area contributed by atoms with Crippen molar-refractivity contribution in [2.24, 2.45) is 0 Å². The molecule has 0 aromatic rings. The molecule has 0 saturated carbocycles. The van der Waals surface area contributed by atoms with Gasteiger partial charge in [0, 0.05) is 13.8 Å². The van der Waals surface area contributed by atoms with E-state index >= 15 is 0 Å². The maximum Gasteiger partial charge on any atom is 0.217 e. The van der Waals surface area contributed by atoms with Crippen LogP contribution in [0.5, 0.6) is 0 Å². The van der Waals surface area contributed by atoms with Crippen molar-refractivity contribution < 1.29 is 203 Å². The number of ether oxygens (including phenoxy) is 15. The molecule has 552 valence electrons. The van der Waals surface area contributed by atoms with E-state index in [9.17, 15) is 132 Å². The Balaban J connectivity index is 1.09. The van der Waals surface area contributed by atoms with Gasteiger partial charge in [-0.3, -0.25) is 9.59 Å². The lowest BCUT2D eigenvalue weighted by atomic mass is 9.94. The first kappa shape index (κ1) is 78.1. The zero-order valence-corrected chi connectivity index (χ0v) is 50.4. The fraction of sp³-hybridized carbons (Fsp3) is 0.962. The summed E-state index contributed by atoms with van der Waals surface area (Å²) in [5.41, 5.74) is 0. The lowest BCUT2D eigenvalue weighted by Gasteiger charge is -2.50. The third-order valence-electron chi connectivity index (χ3n) is 17.4. The molecular formula is C52H88N2O41. The van der Waals surface area contributed by atoms with Crippen molar-refractivity contribution in [2.75, 3.05) is 52.9 Å². The van der Waals surface area contributed by atoms with Crippen LogP contribution < -0.4 is 10.6 Å². The Hall–Kier alpha value is -2.62. The molecule has 8 aliphatic rings. The number of rotatable bonds is 24. The van der Waals surface area contributed by atoms with Gasteiger partial charge in [0.25, 0.3) is 0 Å². The summed E-state index contributed by atoms with van der Waals surface area (Å²) in [6.45, 7) is -6.12. The molecule has 2 amide bonds. The lowest BCUT2D eigenvalue weighted by Crippen LogP contribution is -2.69. The van der Waals surface area contributed by atoms with Crippen molar-refractivity contribution in [2.45, 2.75) is 259 Å². The fourth-order valence-electron chi connectivity index (χ4n) is 12.1. The lowest BCUT2D eigenvalue weighted by molar-refractivity contribution is -0.394. The van der Waals surface area contributed by atoms with Gasteiger partial charge in [-0.2, -0.15) is 0 Å². The zero-order valence-electron chi connectivity index (χ0n) is 50.4. The maximum absolute atomic E-state index is 12.7. The molecule has 0 aromatic carbocycles. The Morgan fingerprint density at radius 3 is 0.842 bits per heavy atom. The van der Waals surface area contributed by atoms with Crippen LogP contribution in [0.3, 0.4) is 0 Å². The van der Waals surface area contributed by atoms with Crippen molar-refractivity contribution in [3.63, 3.8) is 0 Å². The van der Waals surface area contributed by atoms with E-state index in [1.165, 1.54) is 0 Å². The van der Waals surface area contributed by atoms with Gasteiger partial charge < -0.3 is 204 Å². The maximum atomic E-state index is 12.7. The number of amides is 2. The highest BCUT2D eigenvalue weighted by molar-refractivity contribution is 5.73. The molecule has 8 aliphatic heterocycles. The first-order valence-electron chi connectivity index (χ1n) is 30.1. The molecule has 26 N–H and O–H groups in total. The van der Waals surface area contributed by atoms with Crippen LogP contribution in [0, 0.1) is 0 Å². The first-order chi connectivity index (χ1) is 44.9. The van der Waals surface area contributed by atoms with E-state index in [1.54, 1.807) is 0 Å². The van der Waals surface area contributed by atoms with E-state index in [4.69, 9.17) is 71.1 Å². The number of nitrogens with one attached hydrogen (secondary N) is 2. The summed E-state index contributed by atoms with van der Waals surface area (Å²) in [7, 11) is 0. The second kappa shape index (κ2) is 33.9. The summed E-state index contributed by atoms with van der Waals surface area (Å²) in [6, 6.07) is -3.54. The molecule has 8 heterocycles. The Kier molecular flexibility index (Phi) is 27.9. The molecule has 43 nitrogen and oxygen atoms in total. The van der Waals surface area contributed by atoms with Gasteiger partial charge in [-0.15, -0.1) is 0 Å². The quantitative estimate of drug-likeness (QED) is 0.0427. The molecule has 43 heteroatoms. The second-order valence-electron chi connectivity index (χ2n) is 23.9. The number of aliphatic hydroxyl groups excluding tert-OH is 24. The van der Waals surface area contributed by atoms with E-state index < -0.39 is 310 Å². The fourth-order valence-corrected chi connectivity index (χ4v) is 12.1. The van der Waals surface area contributed by atoms with Crippen LogP contribution in [-0.2, 0) is 80.6 Å². The normalized spacial score (nSPS) is 50.8. The van der Waals surface area contributed by atoms with E-state index in [0.717, 1.165) is 13.8 Å². The molecule has 0 aromatic heterocycles. The highest BCUT2D eigenvalue weighted by atomic mass is 16.8. The van der Waals surface area contributed by atoms with Crippen molar-refractivity contribution in [1.29, 1.82) is 0 Å². The summed E-state index contributed by atoms with van der Waals surface area (Å²) in [5, 5.41) is 265. The van der Waals surface area contributed by atoms with Gasteiger partial charge in [-0.1, -0.05) is 0 Å². The van der Waals surface area contributed by atoms with E-state index in [2.05, 4.69) is 10.6 Å². The minimum absolute atomic E-state index is 0.869. The first-order valence-corrected chi connectivity index (χ1v) is 30.1. The SMILES string of the molecule is CC(=O)N[C@H]1[C@H](OC[C@H]2O[C@@H](O[C@H]3[C@@H](O)[C@@H](CO[C@@H]4O[C@H](CO)[C@@H](O[C@@H]5O[C@H](CO)[C@H](O)[C@H](O)[C@H]5O)[C@H](O)[C@H]4NC(C)=O)O[C@@H](O[C@H]4[C@H](O)[C@@H](O)C(O)O[C@@H]4CO)[C@@H]3O)[C@H](O)[C@@H](O[C@@H]3O[C@H](CO)[C@H](O)[C@H](O)[C@H]3O)[C@H]2O)O[C@H](CO)[C@@H](O[C@@H]2O[C@H](CO)[C@H](O)[C@H](O)[C@H]2O)[C@@H]1O. The predicted molar refractivity (Wildman–Crippen MR) is 288 cm³/mol. The number of hydrogen-bond acceptors (Lipinski definition) is 41. The molecule has 0 spiro atoms. The van der Waals surface area contributed by atoms with Crippen LogP contribution in [0.1, 0.15) is 13.8 Å². The molecule has 40 atom stereocenters. The molecule has 0 radical (unpaired) electrons. The van der Waals surface area contributed by atoms with Crippen LogP contribution in [0.2, 0.25) is 0 Å². The molecule has 0 aliphatic carbocycles. The van der Waals surface area contributed by atoms with Crippen LogP contribution in [0.15, 0.2) is 0 Å². The summed E-state index contributed by atoms with van der Waals surface area (Å²) in [4.78, 5) is 25.3. The van der Waals surface area contributed by atoms with Gasteiger partial charge in [0.2, 0.25) is 11.8 Å². The van der Waals surface area contributed by atoms with Crippen LogP contribution in [0.4, 0.5) is 0 Å². The molecule has 1 unspecified atom stereocenters. The van der Waals surface area contributed by atoms with Gasteiger partial charge in [0.15, 0.2) is 50.3 Å². The third-order valence-corrected chi connectivity index (χ3v) is 17.4. The minimum Gasteiger partial charge on any atom is -0.394 e. The van der Waals surface area contributed by atoms with Gasteiger partial charge in [0.1, 0.15) is 195 Å². The van der Waals surface area contributed by atoms with E-state index in [-0.39, 0.29) is 0 Å². The number of carbonyl (C=O) groups excluding carboxylic acids is 2. The van der Waals surface area contributed by atoms with Gasteiger partial charge in [-0.25, -0.2) is 0 Å². The van der Waals surface area contributed by atoms with E-state index in [1.807, 2.05) is 0 Å². The van der Waals surface area contributed by atoms with Crippen molar-refractivity contribution in [3.05, 3.63) is 0 Å². The third kappa shape index (κ3) is 17.0. The summed E-state index contributed by atoms with van der Waals surface area (Å²) in [6.07, 6.45) is -76.9. The monoisotopic (exact) mass is 1400 g/mol. The topological polar surface area (TPSA) is 682 Å². The van der Waals surface area contributed by atoms with Crippen LogP contribution in [0.25, 0.3) is 0 Å². The highest BCUT2D eigenvalue weighted by Gasteiger charge is 2.59. The Bertz CT molecular complexity index is 2380. The van der Waals surface area contributed by atoms with Crippen molar-refractivity contribution in [3.8, 4) is 0 Å². The molecule has 8 fully saturated rings. The average Bonchev–Trinajstić information content (AvgIpc) is 0.789. The van der Waals surface area contributed by atoms with Crippen LogP contribution in [-0.4, -0.2) is 433 Å². The second-order valence-corrected chi connectivity index (χ2v) is 23.9. The standard InChI is InChI=1S/C52H88N2O41/c1-11(61)53-21-28(68)40(91-48-35(75)30(70)23(63)13(3-55)84-48)17(7-59)87-46(21)81-9-19-27(67)44(38(78)51(89-19)93-42-16(6-58)83-45(80)34(74)33(42)73)95-52-39(79)43(94-50-37(77)32(72)25(65)15(5-57)86-50)26(66)20(90-52)10-82-47-22(54-12(2)62)29(69)41(18(8-60)88-47)92-49-36(76)31(71)24(64)14(4-56)85-49/h13-52,55-60,63-80H,3-10H2,1-2H3,(H,53,61)(H,54,62)/t13-,14-,15-,16-,17-,18-,19-,20-,21-,22-,23+,24+,25+,26+,27+,28-,29-,30+,31+,32+,33-,34-,35-,36-,37-,38-,39-,40-,41-,42-,43+,44+,45?,46-,47-,48+,49+,50+,51+,52+/m1/s1. The van der Waals surface area contributed by atoms with Crippen molar-refractivity contribution >= 4 is 11.8 Å². The Morgan fingerprint density at radius 1 is 0.274 bits per heavy atom. The zero-order chi connectivity index (χ0) is 69.9. The van der Waals surface area contributed by atoms with Crippen molar-refractivity contribution in [1.82, 2.24) is 10.6 Å². The van der Waals surface area contributed by atoms with Crippen LogP contribution >= 0.6 is 0 Å². The van der Waals surface area contributed by atoms with Gasteiger partial charge in [0.05, 0.1) is 52.9 Å². The Labute approximate surface area is 536 Å². The number of aliphatic hydroxyl groups is 24. The summed E-state index contributed by atoms with van der Waals surface area (Å²) >= 11 is 0. The number of hydrogen-bond donors (Lipinski definition) is 26. The van der Waals surface area contributed by atoms with Gasteiger partial charge >= 0.3 is 0 Å². The molecular weight excluding hydrogens is 1310 g/mol.